The molecule has 0 spiro atoms. The van der Waals surface area contributed by atoms with Crippen molar-refractivity contribution in [3.63, 3.8) is 0 Å². The van der Waals surface area contributed by atoms with Gasteiger partial charge < -0.3 is 4.74 Å². The molecule has 0 unspecified atom stereocenters. The van der Waals surface area contributed by atoms with E-state index in [9.17, 15) is 132 Å². The number of halogens is 29. The molecule has 0 aromatic carbocycles. The van der Waals surface area contributed by atoms with E-state index in [0.29, 0.717) is 0 Å². The number of hydrogen-bond acceptors (Lipinski definition) is 2. The molecule has 0 aromatic rings. The van der Waals surface area contributed by atoms with Crippen molar-refractivity contribution in [3.8, 4) is 0 Å². The zero-order valence-corrected chi connectivity index (χ0v) is 22.0. The predicted octanol–water partition coefficient (Wildman–Crippen LogP) is 9.93. The Labute approximate surface area is 253 Å². The highest BCUT2D eigenvalue weighted by Crippen LogP contribution is 2.69. The monoisotopic (exact) mass is 818 g/mol. The highest BCUT2D eigenvalue weighted by atomic mass is 19.4. The molecular formula is C19H7F29O2. The second-order valence-corrected chi connectivity index (χ2v) is 9.22. The van der Waals surface area contributed by atoms with Crippen LogP contribution in [0.3, 0.4) is 0 Å². The second kappa shape index (κ2) is 12.1. The third-order valence-corrected chi connectivity index (χ3v) is 5.98. The summed E-state index contributed by atoms with van der Waals surface area (Å²) < 4.78 is 393. The van der Waals surface area contributed by atoms with Crippen LogP contribution in [0.4, 0.5) is 127 Å². The molecule has 0 aliphatic carbocycles. The Hall–Kier alpha value is -2.82. The fourth-order valence-electron chi connectivity index (χ4n) is 2.88. The lowest BCUT2D eigenvalue weighted by atomic mass is 9.83. The lowest BCUT2D eigenvalue weighted by molar-refractivity contribution is -0.487. The number of carbonyl (C=O) groups is 1. The van der Waals surface area contributed by atoms with Crippen LogP contribution in [-0.2, 0) is 9.53 Å². The van der Waals surface area contributed by atoms with Crippen LogP contribution in [0.1, 0.15) is 6.42 Å². The molecule has 298 valence electrons. The number of alkyl halides is 29. The Balaban J connectivity index is 7.39. The predicted molar refractivity (Wildman–Crippen MR) is 96.1 cm³/mol. The van der Waals surface area contributed by atoms with Crippen molar-refractivity contribution in [1.29, 1.82) is 0 Å². The maximum Gasteiger partial charge on any atom is 0.460 e. The first kappa shape index (κ1) is 47.2. The van der Waals surface area contributed by atoms with E-state index >= 15 is 0 Å². The highest BCUT2D eigenvalue weighted by Gasteiger charge is 3.00. The van der Waals surface area contributed by atoms with Gasteiger partial charge in [-0.3, -0.25) is 0 Å². The van der Waals surface area contributed by atoms with Gasteiger partial charge in [0.25, 0.3) is 0 Å². The average molecular weight is 818 g/mol. The maximum absolute atomic E-state index is 13.8. The molecule has 50 heavy (non-hydrogen) atoms. The molecule has 31 heteroatoms. The molecule has 0 atom stereocenters. The van der Waals surface area contributed by atoms with Crippen molar-refractivity contribution in [3.05, 3.63) is 12.7 Å². The normalized spacial score (nSPS) is 16.4. The Morgan fingerprint density at radius 3 is 0.780 bits per heavy atom. The van der Waals surface area contributed by atoms with Gasteiger partial charge in [-0.25, -0.2) is 4.79 Å². The van der Waals surface area contributed by atoms with Gasteiger partial charge in [0.15, 0.2) is 0 Å². The summed E-state index contributed by atoms with van der Waals surface area (Å²) >= 11 is 0. The fourth-order valence-corrected chi connectivity index (χ4v) is 2.88. The van der Waals surface area contributed by atoms with Gasteiger partial charge in [0.05, 0.1) is 13.0 Å². The smallest absolute Gasteiger partial charge is 0.460 e. The summed E-state index contributed by atoms with van der Waals surface area (Å²) in [6, 6.07) is 0. The molecule has 0 radical (unpaired) electrons. The minimum Gasteiger partial charge on any atom is -0.462 e. The van der Waals surface area contributed by atoms with Crippen molar-refractivity contribution in [2.45, 2.75) is 89.6 Å². The topological polar surface area (TPSA) is 26.3 Å². The molecule has 2 nitrogen and oxygen atoms in total. The van der Waals surface area contributed by atoms with Gasteiger partial charge >= 0.3 is 89.1 Å². The summed E-state index contributed by atoms with van der Waals surface area (Å²) in [6.07, 6.45) is -11.6. The Morgan fingerprint density at radius 2 is 0.580 bits per heavy atom. The average Bonchev–Trinajstić information content (AvgIpc) is 2.90. The number of esters is 1. The van der Waals surface area contributed by atoms with Crippen LogP contribution < -0.4 is 0 Å². The van der Waals surface area contributed by atoms with E-state index < -0.39 is 102 Å². The van der Waals surface area contributed by atoms with Crippen molar-refractivity contribution in [2.24, 2.45) is 0 Å². The molecule has 0 saturated carbocycles. The number of carbonyl (C=O) groups excluding carboxylic acids is 1. The highest BCUT2D eigenvalue weighted by molar-refractivity contribution is 5.81. The van der Waals surface area contributed by atoms with Crippen molar-refractivity contribution in [2.75, 3.05) is 6.61 Å². The minimum absolute atomic E-state index is 0.0124. The Morgan fingerprint density at radius 1 is 0.380 bits per heavy atom. The van der Waals surface area contributed by atoms with Gasteiger partial charge in [-0.05, 0) is 0 Å². The maximum atomic E-state index is 13.8. The molecule has 0 saturated heterocycles. The number of ether oxygens (including phenoxy) is 1. The second-order valence-electron chi connectivity index (χ2n) is 9.22. The summed E-state index contributed by atoms with van der Waals surface area (Å²) in [6.45, 7) is 0.185. The third kappa shape index (κ3) is 5.81. The summed E-state index contributed by atoms with van der Waals surface area (Å²) in [4.78, 5) is 10.6. The summed E-state index contributed by atoms with van der Waals surface area (Å²) in [7, 11) is 0. The van der Waals surface area contributed by atoms with Gasteiger partial charge in [0.2, 0.25) is 0 Å². The molecule has 0 fully saturated rings. The minimum atomic E-state index is -9.96. The van der Waals surface area contributed by atoms with Gasteiger partial charge in [0, 0.05) is 6.08 Å². The molecule has 0 N–H and O–H groups in total. The van der Waals surface area contributed by atoms with Crippen molar-refractivity contribution < 1.29 is 137 Å². The Bertz CT molecular complexity index is 1260. The van der Waals surface area contributed by atoms with E-state index in [1.54, 1.807) is 0 Å². The van der Waals surface area contributed by atoms with Crippen LogP contribution in [0.25, 0.3) is 0 Å². The summed E-state index contributed by atoms with van der Waals surface area (Å²) in [5.41, 5.74) is 0. The summed E-state index contributed by atoms with van der Waals surface area (Å²) in [5.74, 6) is -123. The van der Waals surface area contributed by atoms with E-state index in [2.05, 4.69) is 11.3 Å². The molecule has 0 aliphatic rings. The molecule has 0 aromatic heterocycles. The summed E-state index contributed by atoms with van der Waals surface area (Å²) in [5, 5.41) is 0. The van der Waals surface area contributed by atoms with E-state index in [1.807, 2.05) is 0 Å². The van der Waals surface area contributed by atoms with Gasteiger partial charge in [-0.15, -0.1) is 0 Å². The fraction of sp³-hybridized carbons (Fsp3) is 0.842. The standard InChI is InChI=1S/C19H7F29O2/c1-2-5(49)50-4-3-6(20,21)7(22,23)8(24,25)9(26,27)10(28,29)11(30,31)12(32,33)13(34,35)14(36,37)15(38,39)16(40,41)17(42,43)18(44,45)19(46,47)48/h2H,1,3-4H2. The van der Waals surface area contributed by atoms with Crippen LogP contribution in [0.2, 0.25) is 0 Å². The molecule has 0 amide bonds. The van der Waals surface area contributed by atoms with Crippen LogP contribution in [-0.4, -0.2) is 95.7 Å². The van der Waals surface area contributed by atoms with Crippen LogP contribution in [0.15, 0.2) is 12.7 Å². The number of rotatable bonds is 16. The van der Waals surface area contributed by atoms with Gasteiger partial charge in [-0.2, -0.15) is 127 Å². The van der Waals surface area contributed by atoms with Gasteiger partial charge in [0.1, 0.15) is 0 Å². The lowest BCUT2D eigenvalue weighted by Crippen LogP contribution is -2.79. The van der Waals surface area contributed by atoms with Crippen molar-refractivity contribution >= 4 is 5.97 Å². The molecular weight excluding hydrogens is 811 g/mol. The SMILES string of the molecule is C=CC(=O)OCCC(F)(F)C(F)(F)C(F)(F)C(F)(F)C(F)(F)C(F)(F)C(F)(F)C(F)(F)C(F)(F)C(F)(F)C(F)(F)C(F)(F)C(F)(F)C(F)(F)F. The van der Waals surface area contributed by atoms with E-state index in [1.165, 1.54) is 0 Å². The molecule has 0 aliphatic heterocycles. The largest absolute Gasteiger partial charge is 0.462 e. The lowest BCUT2D eigenvalue weighted by Gasteiger charge is -2.46. The Kier molecular flexibility index (Phi) is 11.4. The van der Waals surface area contributed by atoms with E-state index in [4.69, 9.17) is 0 Å². The molecule has 0 bridgehead atoms. The van der Waals surface area contributed by atoms with Crippen LogP contribution in [0.5, 0.6) is 0 Å². The molecule has 0 rings (SSSR count). The zero-order valence-electron chi connectivity index (χ0n) is 22.0. The van der Waals surface area contributed by atoms with Crippen molar-refractivity contribution in [1.82, 2.24) is 0 Å². The van der Waals surface area contributed by atoms with E-state index in [-0.39, 0.29) is 6.08 Å². The first-order valence-electron chi connectivity index (χ1n) is 11.0. The third-order valence-electron chi connectivity index (χ3n) is 5.98. The quantitative estimate of drug-likeness (QED) is 0.0882. The molecule has 0 heterocycles. The zero-order chi connectivity index (χ0) is 41.4. The first-order valence-corrected chi connectivity index (χ1v) is 11.0. The number of hydrogen-bond donors (Lipinski definition) is 0. The van der Waals surface area contributed by atoms with E-state index in [0.717, 1.165) is 0 Å². The van der Waals surface area contributed by atoms with Crippen LogP contribution >= 0.6 is 0 Å². The van der Waals surface area contributed by atoms with Crippen LogP contribution in [0, 0.1) is 0 Å². The van der Waals surface area contributed by atoms with Gasteiger partial charge in [-0.1, -0.05) is 6.58 Å². The first-order chi connectivity index (χ1) is 21.2.